The van der Waals surface area contributed by atoms with Crippen LogP contribution in [0, 0.1) is 11.3 Å². The molecule has 0 heterocycles. The molecule has 0 aromatic heterocycles. The molecule has 2 aromatic carbocycles. The number of halogens is 1. The third-order valence-corrected chi connectivity index (χ3v) is 3.51. The summed E-state index contributed by atoms with van der Waals surface area (Å²) >= 11 is 5.87. The minimum absolute atomic E-state index is 0.298. The summed E-state index contributed by atoms with van der Waals surface area (Å²) in [5, 5.41) is 15.7. The molecule has 1 N–H and O–H groups in total. The minimum Gasteiger partial charge on any atom is -0.493 e. The van der Waals surface area contributed by atoms with E-state index in [1.807, 2.05) is 6.07 Å². The number of rotatable bonds is 7. The molecule has 1 amide bonds. The summed E-state index contributed by atoms with van der Waals surface area (Å²) in [6.45, 7) is -0.333. The Balaban J connectivity index is 1.96. The van der Waals surface area contributed by atoms with Gasteiger partial charge in [0.05, 0.1) is 31.7 Å². The van der Waals surface area contributed by atoms with Gasteiger partial charge in [-0.3, -0.25) is 4.79 Å². The Hall–Kier alpha value is -3.24. The van der Waals surface area contributed by atoms with Crippen molar-refractivity contribution in [3.05, 3.63) is 52.5 Å². The first-order valence-corrected chi connectivity index (χ1v) is 7.82. The van der Waals surface area contributed by atoms with Gasteiger partial charge in [-0.2, -0.15) is 5.26 Å². The molecule has 26 heavy (non-hydrogen) atoms. The Bertz CT molecular complexity index is 862. The van der Waals surface area contributed by atoms with Gasteiger partial charge in [0, 0.05) is 10.6 Å². The number of para-hydroxylation sites is 1. The molecule has 0 aliphatic carbocycles. The number of ether oxygens (including phenoxy) is 2. The lowest BCUT2D eigenvalue weighted by atomic mass is 10.2. The highest BCUT2D eigenvalue weighted by Crippen LogP contribution is 2.29. The quantitative estimate of drug-likeness (QED) is 0.594. The van der Waals surface area contributed by atoms with Crippen LogP contribution in [-0.2, 0) is 9.63 Å². The van der Waals surface area contributed by atoms with Gasteiger partial charge in [-0.15, -0.1) is 0 Å². The highest BCUT2D eigenvalue weighted by atomic mass is 35.5. The number of carbonyl (C=O) groups excluding carboxylic acids is 1. The van der Waals surface area contributed by atoms with Crippen LogP contribution in [0.3, 0.4) is 0 Å². The summed E-state index contributed by atoms with van der Waals surface area (Å²) in [6, 6.07) is 11.8. The Morgan fingerprint density at radius 2 is 2.12 bits per heavy atom. The third-order valence-electron chi connectivity index (χ3n) is 3.27. The number of oxime groups is 1. The van der Waals surface area contributed by atoms with Crippen LogP contribution in [0.2, 0.25) is 5.02 Å². The van der Waals surface area contributed by atoms with Gasteiger partial charge in [-0.25, -0.2) is 0 Å². The van der Waals surface area contributed by atoms with E-state index in [1.54, 1.807) is 24.3 Å². The zero-order valence-electron chi connectivity index (χ0n) is 14.2. The van der Waals surface area contributed by atoms with Crippen LogP contribution in [0.1, 0.15) is 11.1 Å². The van der Waals surface area contributed by atoms with Crippen molar-refractivity contribution in [2.75, 3.05) is 26.1 Å². The second-order valence-electron chi connectivity index (χ2n) is 4.94. The van der Waals surface area contributed by atoms with Gasteiger partial charge in [0.15, 0.2) is 18.1 Å². The van der Waals surface area contributed by atoms with Crippen molar-refractivity contribution < 1.29 is 19.1 Å². The van der Waals surface area contributed by atoms with Gasteiger partial charge in [0.1, 0.15) is 6.07 Å². The van der Waals surface area contributed by atoms with Gasteiger partial charge >= 0.3 is 0 Å². The van der Waals surface area contributed by atoms with Crippen molar-refractivity contribution in [3.63, 3.8) is 0 Å². The van der Waals surface area contributed by atoms with E-state index in [0.29, 0.717) is 33.3 Å². The van der Waals surface area contributed by atoms with E-state index >= 15 is 0 Å². The summed E-state index contributed by atoms with van der Waals surface area (Å²) in [4.78, 5) is 16.9. The predicted octanol–water partition coefficient (Wildman–Crippen LogP) is 3.22. The maximum Gasteiger partial charge on any atom is 0.265 e. The largest absolute Gasteiger partial charge is 0.493 e. The van der Waals surface area contributed by atoms with E-state index in [1.165, 1.54) is 32.6 Å². The number of carbonyl (C=O) groups is 1. The summed E-state index contributed by atoms with van der Waals surface area (Å²) < 4.78 is 10.5. The molecular weight excluding hydrogens is 358 g/mol. The van der Waals surface area contributed by atoms with E-state index in [-0.39, 0.29) is 6.61 Å². The second kappa shape index (κ2) is 9.30. The van der Waals surface area contributed by atoms with Crippen molar-refractivity contribution >= 4 is 29.4 Å². The fourth-order valence-corrected chi connectivity index (χ4v) is 2.28. The molecular formula is C18H16ClN3O4. The molecule has 0 saturated carbocycles. The highest BCUT2D eigenvalue weighted by molar-refractivity contribution is 6.31. The summed E-state index contributed by atoms with van der Waals surface area (Å²) in [6.07, 6.45) is 1.41. The zero-order valence-corrected chi connectivity index (χ0v) is 14.9. The molecule has 0 fully saturated rings. The minimum atomic E-state index is -0.474. The molecule has 0 unspecified atom stereocenters. The standard InChI is InChI=1S/C18H16ClN3O4/c1-24-16-5-3-4-13(18(16)25-2)10-21-26-11-17(23)22-15-8-14(19)7-6-12(15)9-20/h3-8,10H,11H2,1-2H3,(H,22,23)/b21-10-. The SMILES string of the molecule is COc1cccc(/C=N\OCC(=O)Nc2cc(Cl)ccc2C#N)c1OC. The summed E-state index contributed by atoms with van der Waals surface area (Å²) in [7, 11) is 3.05. The number of nitrogens with zero attached hydrogens (tertiary/aromatic N) is 2. The van der Waals surface area contributed by atoms with E-state index in [9.17, 15) is 4.79 Å². The van der Waals surface area contributed by atoms with Gasteiger partial charge in [-0.05, 0) is 30.3 Å². The molecule has 7 nitrogen and oxygen atoms in total. The van der Waals surface area contributed by atoms with E-state index in [0.717, 1.165) is 0 Å². The molecule has 134 valence electrons. The van der Waals surface area contributed by atoms with Gasteiger partial charge in [-0.1, -0.05) is 22.8 Å². The van der Waals surface area contributed by atoms with E-state index < -0.39 is 5.91 Å². The van der Waals surface area contributed by atoms with Crippen LogP contribution in [-0.4, -0.2) is 32.9 Å². The van der Waals surface area contributed by atoms with Crippen LogP contribution in [0.5, 0.6) is 11.5 Å². The first kappa shape index (κ1) is 19.1. The van der Waals surface area contributed by atoms with Crippen LogP contribution >= 0.6 is 11.6 Å². The predicted molar refractivity (Wildman–Crippen MR) is 97.9 cm³/mol. The molecule has 2 aromatic rings. The van der Waals surface area contributed by atoms with Gasteiger partial charge in [0.25, 0.3) is 5.91 Å². The molecule has 0 aliphatic rings. The number of anilines is 1. The molecule has 0 atom stereocenters. The number of benzene rings is 2. The Morgan fingerprint density at radius 3 is 2.81 bits per heavy atom. The lowest BCUT2D eigenvalue weighted by Crippen LogP contribution is -2.17. The number of nitrogens with one attached hydrogen (secondary N) is 1. The average Bonchev–Trinajstić information content (AvgIpc) is 2.65. The summed E-state index contributed by atoms with van der Waals surface area (Å²) in [5.74, 6) is 0.585. The first-order valence-electron chi connectivity index (χ1n) is 7.45. The molecule has 2 rings (SSSR count). The Morgan fingerprint density at radius 1 is 1.31 bits per heavy atom. The normalized spacial score (nSPS) is 10.2. The van der Waals surface area contributed by atoms with E-state index in [2.05, 4.69) is 10.5 Å². The van der Waals surface area contributed by atoms with Crippen LogP contribution in [0.15, 0.2) is 41.6 Å². The number of hydrogen-bond donors (Lipinski definition) is 1. The van der Waals surface area contributed by atoms with Crippen molar-refractivity contribution in [1.82, 2.24) is 0 Å². The number of nitriles is 1. The zero-order chi connectivity index (χ0) is 18.9. The lowest BCUT2D eigenvalue weighted by molar-refractivity contribution is -0.120. The second-order valence-corrected chi connectivity index (χ2v) is 5.38. The van der Waals surface area contributed by atoms with E-state index in [4.69, 9.17) is 31.2 Å². The average molecular weight is 374 g/mol. The molecule has 0 radical (unpaired) electrons. The number of hydrogen-bond acceptors (Lipinski definition) is 6. The van der Waals surface area contributed by atoms with Crippen LogP contribution < -0.4 is 14.8 Å². The molecule has 0 aliphatic heterocycles. The van der Waals surface area contributed by atoms with Gasteiger partial charge in [0.2, 0.25) is 0 Å². The fraction of sp³-hybridized carbons (Fsp3) is 0.167. The van der Waals surface area contributed by atoms with Crippen LogP contribution in [0.25, 0.3) is 0 Å². The molecule has 0 bridgehead atoms. The molecule has 0 saturated heterocycles. The Kier molecular flexibility index (Phi) is 6.83. The van der Waals surface area contributed by atoms with Crippen molar-refractivity contribution in [2.45, 2.75) is 0 Å². The van der Waals surface area contributed by atoms with Crippen LogP contribution in [0.4, 0.5) is 5.69 Å². The maximum absolute atomic E-state index is 11.9. The van der Waals surface area contributed by atoms with Crippen molar-refractivity contribution in [3.8, 4) is 17.6 Å². The summed E-state index contributed by atoms with van der Waals surface area (Å²) in [5.41, 5.74) is 1.24. The van der Waals surface area contributed by atoms with Gasteiger partial charge < -0.3 is 19.6 Å². The van der Waals surface area contributed by atoms with Crippen molar-refractivity contribution in [2.24, 2.45) is 5.16 Å². The lowest BCUT2D eigenvalue weighted by Gasteiger charge is -2.09. The Labute approximate surface area is 155 Å². The maximum atomic E-state index is 11.9. The monoisotopic (exact) mass is 373 g/mol. The molecule has 8 heteroatoms. The molecule has 0 spiro atoms. The highest BCUT2D eigenvalue weighted by Gasteiger charge is 2.09. The fourth-order valence-electron chi connectivity index (χ4n) is 2.11. The topological polar surface area (TPSA) is 92.9 Å². The first-order chi connectivity index (χ1) is 12.6. The smallest absolute Gasteiger partial charge is 0.265 e. The number of methoxy groups -OCH3 is 2. The van der Waals surface area contributed by atoms with Crippen molar-refractivity contribution in [1.29, 1.82) is 5.26 Å². The number of amides is 1. The third kappa shape index (κ3) is 4.88.